The van der Waals surface area contributed by atoms with E-state index in [0.717, 1.165) is 22.3 Å². The van der Waals surface area contributed by atoms with Gasteiger partial charge in [-0.1, -0.05) is 6.07 Å². The van der Waals surface area contributed by atoms with Crippen LogP contribution in [0.3, 0.4) is 0 Å². The standard InChI is InChI=1S/C23H29NO4S/c1-15-14-16(2)18(4)23(17(15)3)29(26,27)24-12-10-20(11-13-24)22(25)19-6-8-21(28-5)9-7-19/h6-9,14,20H,10-13H2,1-5H3. The average Bonchev–Trinajstić information content (AvgIpc) is 2.72. The van der Waals surface area contributed by atoms with Crippen LogP contribution in [0.25, 0.3) is 0 Å². The maximum Gasteiger partial charge on any atom is 0.243 e. The molecule has 2 aromatic carbocycles. The minimum atomic E-state index is -3.59. The summed E-state index contributed by atoms with van der Waals surface area (Å²) in [7, 11) is -2.00. The van der Waals surface area contributed by atoms with Crippen LogP contribution < -0.4 is 4.74 Å². The van der Waals surface area contributed by atoms with E-state index in [4.69, 9.17) is 4.74 Å². The molecule has 0 spiro atoms. The molecule has 29 heavy (non-hydrogen) atoms. The predicted octanol–water partition coefficient (Wildman–Crippen LogP) is 4.21. The summed E-state index contributed by atoms with van der Waals surface area (Å²) in [5, 5.41) is 0. The molecule has 1 aliphatic heterocycles. The molecule has 0 N–H and O–H groups in total. The molecule has 0 amide bonds. The third kappa shape index (κ3) is 4.09. The lowest BCUT2D eigenvalue weighted by molar-refractivity contribution is 0.0875. The van der Waals surface area contributed by atoms with Gasteiger partial charge in [0, 0.05) is 24.6 Å². The zero-order valence-electron chi connectivity index (χ0n) is 17.8. The van der Waals surface area contributed by atoms with Crippen molar-refractivity contribution in [2.45, 2.75) is 45.4 Å². The first-order valence-electron chi connectivity index (χ1n) is 9.92. The zero-order valence-corrected chi connectivity index (χ0v) is 18.6. The Labute approximate surface area is 173 Å². The molecule has 0 aromatic heterocycles. The van der Waals surface area contributed by atoms with Gasteiger partial charge in [-0.25, -0.2) is 8.42 Å². The van der Waals surface area contributed by atoms with Gasteiger partial charge in [0.05, 0.1) is 12.0 Å². The normalized spacial score (nSPS) is 16.0. The number of ketones is 1. The van der Waals surface area contributed by atoms with Gasteiger partial charge in [-0.05, 0) is 87.1 Å². The van der Waals surface area contributed by atoms with Gasteiger partial charge >= 0.3 is 0 Å². The summed E-state index contributed by atoms with van der Waals surface area (Å²) in [4.78, 5) is 13.2. The SMILES string of the molecule is COc1ccc(C(=O)C2CCN(S(=O)(=O)c3c(C)c(C)cc(C)c3C)CC2)cc1. The third-order valence-electron chi connectivity index (χ3n) is 6.09. The molecule has 0 radical (unpaired) electrons. The number of piperidine rings is 1. The molecule has 1 saturated heterocycles. The van der Waals surface area contributed by atoms with Gasteiger partial charge in [0.2, 0.25) is 10.0 Å². The summed E-state index contributed by atoms with van der Waals surface area (Å²) in [6.07, 6.45) is 1.07. The van der Waals surface area contributed by atoms with Gasteiger partial charge in [-0.3, -0.25) is 4.79 Å². The van der Waals surface area contributed by atoms with Crippen molar-refractivity contribution in [2.75, 3.05) is 20.2 Å². The van der Waals surface area contributed by atoms with E-state index in [1.165, 1.54) is 0 Å². The molecule has 1 aliphatic rings. The summed E-state index contributed by atoms with van der Waals surface area (Å²) in [5.41, 5.74) is 4.23. The number of carbonyl (C=O) groups is 1. The van der Waals surface area contributed by atoms with Gasteiger partial charge in [-0.2, -0.15) is 4.31 Å². The largest absolute Gasteiger partial charge is 0.497 e. The second-order valence-corrected chi connectivity index (χ2v) is 9.74. The summed E-state index contributed by atoms with van der Waals surface area (Å²) in [5.74, 6) is 0.626. The molecule has 3 rings (SSSR count). The number of ether oxygens (including phenoxy) is 1. The van der Waals surface area contributed by atoms with E-state index < -0.39 is 10.0 Å². The average molecular weight is 416 g/mol. The van der Waals surface area contributed by atoms with Gasteiger partial charge in [0.25, 0.3) is 0 Å². The number of aryl methyl sites for hydroxylation is 2. The van der Waals surface area contributed by atoms with E-state index in [1.807, 2.05) is 33.8 Å². The number of rotatable bonds is 5. The Morgan fingerprint density at radius 2 is 1.48 bits per heavy atom. The summed E-state index contributed by atoms with van der Waals surface area (Å²) in [6, 6.07) is 9.12. The Morgan fingerprint density at radius 3 is 1.97 bits per heavy atom. The molecule has 1 fully saturated rings. The number of hydrogen-bond donors (Lipinski definition) is 0. The lowest BCUT2D eigenvalue weighted by atomic mass is 9.89. The van der Waals surface area contributed by atoms with Crippen LogP contribution in [0.4, 0.5) is 0 Å². The monoisotopic (exact) mass is 415 g/mol. The first kappa shape index (κ1) is 21.5. The van der Waals surface area contributed by atoms with E-state index >= 15 is 0 Å². The molecular formula is C23H29NO4S. The first-order valence-corrected chi connectivity index (χ1v) is 11.4. The van der Waals surface area contributed by atoms with Crippen molar-refractivity contribution in [1.29, 1.82) is 0 Å². The second-order valence-electron chi connectivity index (χ2n) is 7.86. The fraction of sp³-hybridized carbons (Fsp3) is 0.435. The van der Waals surface area contributed by atoms with Gasteiger partial charge in [-0.15, -0.1) is 0 Å². The molecule has 156 valence electrons. The topological polar surface area (TPSA) is 63.7 Å². The smallest absolute Gasteiger partial charge is 0.243 e. The summed E-state index contributed by atoms with van der Waals surface area (Å²) >= 11 is 0. The van der Waals surface area contributed by atoms with Gasteiger partial charge < -0.3 is 4.74 Å². The van der Waals surface area contributed by atoms with Crippen molar-refractivity contribution in [2.24, 2.45) is 5.92 Å². The Hall–Kier alpha value is -2.18. The number of Topliss-reactive ketones (excluding diaryl/α,β-unsaturated/α-hetero) is 1. The molecule has 1 heterocycles. The lowest BCUT2D eigenvalue weighted by Gasteiger charge is -2.32. The molecule has 0 unspecified atom stereocenters. The lowest BCUT2D eigenvalue weighted by Crippen LogP contribution is -2.40. The maximum absolute atomic E-state index is 13.4. The maximum atomic E-state index is 13.4. The zero-order chi connectivity index (χ0) is 21.3. The van der Waals surface area contributed by atoms with Crippen molar-refractivity contribution in [3.05, 3.63) is 58.1 Å². The van der Waals surface area contributed by atoms with Crippen molar-refractivity contribution in [1.82, 2.24) is 4.31 Å². The Morgan fingerprint density at radius 1 is 0.966 bits per heavy atom. The van der Waals surface area contributed by atoms with Crippen LogP contribution in [0, 0.1) is 33.6 Å². The third-order valence-corrected chi connectivity index (χ3v) is 8.27. The molecule has 2 aromatic rings. The van der Waals surface area contributed by atoms with Crippen LogP contribution in [0.5, 0.6) is 5.75 Å². The van der Waals surface area contributed by atoms with Gasteiger partial charge in [0.15, 0.2) is 5.78 Å². The number of hydrogen-bond acceptors (Lipinski definition) is 4. The Bertz CT molecular complexity index is 992. The van der Waals surface area contributed by atoms with E-state index in [2.05, 4.69) is 0 Å². The number of sulfonamides is 1. The van der Waals surface area contributed by atoms with Gasteiger partial charge in [0.1, 0.15) is 5.75 Å². The van der Waals surface area contributed by atoms with Crippen LogP contribution in [0.2, 0.25) is 0 Å². The molecule has 5 nitrogen and oxygen atoms in total. The Balaban J connectivity index is 1.77. The number of benzene rings is 2. The number of carbonyl (C=O) groups excluding carboxylic acids is 1. The highest BCUT2D eigenvalue weighted by molar-refractivity contribution is 7.89. The van der Waals surface area contributed by atoms with Crippen LogP contribution >= 0.6 is 0 Å². The van der Waals surface area contributed by atoms with Crippen molar-refractivity contribution < 1.29 is 17.9 Å². The molecule has 0 saturated carbocycles. The van der Waals surface area contributed by atoms with E-state index in [1.54, 1.807) is 35.7 Å². The summed E-state index contributed by atoms with van der Waals surface area (Å²) < 4.78 is 33.4. The molecular weight excluding hydrogens is 386 g/mol. The summed E-state index contributed by atoms with van der Waals surface area (Å²) in [6.45, 7) is 8.35. The minimum Gasteiger partial charge on any atom is -0.497 e. The van der Waals surface area contributed by atoms with Crippen molar-refractivity contribution >= 4 is 15.8 Å². The van der Waals surface area contributed by atoms with E-state index in [-0.39, 0.29) is 11.7 Å². The van der Waals surface area contributed by atoms with Crippen LogP contribution in [0.1, 0.15) is 45.5 Å². The van der Waals surface area contributed by atoms with Crippen LogP contribution in [0.15, 0.2) is 35.2 Å². The molecule has 0 aliphatic carbocycles. The molecule has 0 atom stereocenters. The fourth-order valence-electron chi connectivity index (χ4n) is 4.05. The van der Waals surface area contributed by atoms with Crippen LogP contribution in [-0.2, 0) is 10.0 Å². The molecule has 0 bridgehead atoms. The predicted molar refractivity (Wildman–Crippen MR) is 114 cm³/mol. The fourth-order valence-corrected chi connectivity index (χ4v) is 6.09. The highest BCUT2D eigenvalue weighted by atomic mass is 32.2. The van der Waals surface area contributed by atoms with Crippen molar-refractivity contribution in [3.8, 4) is 5.75 Å². The number of methoxy groups -OCH3 is 1. The highest BCUT2D eigenvalue weighted by Crippen LogP contribution is 2.32. The second kappa shape index (κ2) is 8.28. The number of nitrogens with zero attached hydrogens (tertiary/aromatic N) is 1. The van der Waals surface area contributed by atoms with E-state index in [9.17, 15) is 13.2 Å². The Kier molecular flexibility index (Phi) is 6.15. The van der Waals surface area contributed by atoms with E-state index in [0.29, 0.717) is 42.1 Å². The van der Waals surface area contributed by atoms with Crippen LogP contribution in [-0.4, -0.2) is 38.7 Å². The molecule has 6 heteroatoms. The highest BCUT2D eigenvalue weighted by Gasteiger charge is 2.34. The first-order chi connectivity index (χ1) is 13.7. The minimum absolute atomic E-state index is 0.0727. The van der Waals surface area contributed by atoms with Crippen molar-refractivity contribution in [3.63, 3.8) is 0 Å². The quantitative estimate of drug-likeness (QED) is 0.686.